The lowest BCUT2D eigenvalue weighted by molar-refractivity contribution is 0.0955. The monoisotopic (exact) mass is 222 g/mol. The van der Waals surface area contributed by atoms with Gasteiger partial charge in [0.25, 0.3) is 5.88 Å². The minimum absolute atomic E-state index is 0.381. The molecule has 2 rings (SSSR count). The van der Waals surface area contributed by atoms with Crippen molar-refractivity contribution in [3.63, 3.8) is 0 Å². The van der Waals surface area contributed by atoms with Crippen LogP contribution in [-0.2, 0) is 0 Å². The molecule has 0 saturated carbocycles. The van der Waals surface area contributed by atoms with Crippen molar-refractivity contribution in [2.45, 2.75) is 6.92 Å². The quantitative estimate of drug-likeness (QED) is 0.805. The van der Waals surface area contributed by atoms with Crippen LogP contribution in [0.1, 0.15) is 5.56 Å². The fraction of sp³-hybridized carbons (Fsp3) is 0.200. The van der Waals surface area contributed by atoms with Gasteiger partial charge in [-0.1, -0.05) is 29.8 Å². The Kier molecular flexibility index (Phi) is 2.94. The second-order valence-corrected chi connectivity index (χ2v) is 3.59. The summed E-state index contributed by atoms with van der Waals surface area (Å²) in [7, 11) is 0. The van der Waals surface area contributed by atoms with Crippen molar-refractivity contribution >= 4 is 11.7 Å². The summed E-state index contributed by atoms with van der Waals surface area (Å²) >= 11 is 1.07. The Hall–Kier alpha value is -1.46. The highest BCUT2D eigenvalue weighted by atomic mass is 32.1. The maximum atomic E-state index is 8.67. The van der Waals surface area contributed by atoms with E-state index >= 15 is 0 Å². The van der Waals surface area contributed by atoms with E-state index in [2.05, 4.69) is 8.75 Å². The van der Waals surface area contributed by atoms with Crippen LogP contribution in [0, 0.1) is 6.92 Å². The zero-order chi connectivity index (χ0) is 10.7. The molecule has 0 fully saturated rings. The Balaban J connectivity index is 2.36. The van der Waals surface area contributed by atoms with E-state index in [1.54, 1.807) is 0 Å². The van der Waals surface area contributed by atoms with Crippen molar-refractivity contribution in [2.24, 2.45) is 0 Å². The van der Waals surface area contributed by atoms with Crippen LogP contribution in [0.5, 0.6) is 5.88 Å². The van der Waals surface area contributed by atoms with E-state index in [1.165, 1.54) is 5.56 Å². The second kappa shape index (κ2) is 4.37. The predicted octanol–water partition coefficient (Wildman–Crippen LogP) is 1.84. The summed E-state index contributed by atoms with van der Waals surface area (Å²) in [4.78, 5) is 0. The molecule has 1 heterocycles. The number of aliphatic hydroxyl groups excluding tert-OH is 1. The van der Waals surface area contributed by atoms with Gasteiger partial charge in [-0.3, -0.25) is 0 Å². The van der Waals surface area contributed by atoms with E-state index in [9.17, 15) is 0 Å². The highest BCUT2D eigenvalue weighted by Gasteiger charge is 2.10. The molecular formula is C10H10N2O2S. The zero-order valence-corrected chi connectivity index (χ0v) is 8.99. The summed E-state index contributed by atoms with van der Waals surface area (Å²) in [5.74, 6) is 0.381. The summed E-state index contributed by atoms with van der Waals surface area (Å²) in [6, 6.07) is 7.90. The molecule has 2 aromatic rings. The van der Waals surface area contributed by atoms with Gasteiger partial charge in [-0.25, -0.2) is 0 Å². The van der Waals surface area contributed by atoms with Crippen LogP contribution in [0.25, 0.3) is 11.3 Å². The molecule has 0 atom stereocenters. The van der Waals surface area contributed by atoms with Crippen molar-refractivity contribution in [1.82, 2.24) is 8.75 Å². The van der Waals surface area contributed by atoms with Gasteiger partial charge in [-0.15, -0.1) is 4.37 Å². The van der Waals surface area contributed by atoms with Gasteiger partial charge in [-0.2, -0.15) is 4.37 Å². The molecule has 0 radical (unpaired) electrons. The van der Waals surface area contributed by atoms with Gasteiger partial charge in [-0.05, 0) is 6.92 Å². The predicted molar refractivity (Wildman–Crippen MR) is 57.8 cm³/mol. The lowest BCUT2D eigenvalue weighted by atomic mass is 10.1. The SMILES string of the molecule is Cc1ccc(-c2nsnc2OCO)cc1. The Labute approximate surface area is 91.5 Å². The Morgan fingerprint density at radius 3 is 2.67 bits per heavy atom. The summed E-state index contributed by atoms with van der Waals surface area (Å²) in [5.41, 5.74) is 2.80. The summed E-state index contributed by atoms with van der Waals surface area (Å²) in [5, 5.41) is 8.67. The van der Waals surface area contributed by atoms with E-state index in [0.29, 0.717) is 11.6 Å². The first-order chi connectivity index (χ1) is 7.31. The molecule has 1 N–H and O–H groups in total. The molecule has 1 aromatic carbocycles. The van der Waals surface area contributed by atoms with E-state index < -0.39 is 0 Å². The van der Waals surface area contributed by atoms with Crippen LogP contribution in [0.3, 0.4) is 0 Å². The topological polar surface area (TPSA) is 55.2 Å². The van der Waals surface area contributed by atoms with E-state index in [0.717, 1.165) is 17.3 Å². The maximum Gasteiger partial charge on any atom is 0.256 e. The number of aliphatic hydroxyl groups is 1. The van der Waals surface area contributed by atoms with Crippen molar-refractivity contribution in [2.75, 3.05) is 6.79 Å². The van der Waals surface area contributed by atoms with Gasteiger partial charge in [0.2, 0.25) is 0 Å². The number of hydrogen-bond acceptors (Lipinski definition) is 5. The summed E-state index contributed by atoms with van der Waals surface area (Å²) < 4.78 is 13.0. The number of hydrogen-bond donors (Lipinski definition) is 1. The first kappa shape index (κ1) is 10.1. The molecule has 0 spiro atoms. The summed E-state index contributed by atoms with van der Waals surface area (Å²) in [6.07, 6.45) is 0. The largest absolute Gasteiger partial charge is 0.448 e. The van der Waals surface area contributed by atoms with Crippen molar-refractivity contribution in [3.8, 4) is 17.1 Å². The number of rotatable bonds is 3. The number of ether oxygens (including phenoxy) is 1. The Morgan fingerprint density at radius 1 is 1.27 bits per heavy atom. The zero-order valence-electron chi connectivity index (χ0n) is 8.17. The molecule has 0 bridgehead atoms. The minimum Gasteiger partial charge on any atom is -0.448 e. The number of aryl methyl sites for hydroxylation is 1. The van der Waals surface area contributed by atoms with Crippen LogP contribution in [0.15, 0.2) is 24.3 Å². The average Bonchev–Trinajstić information content (AvgIpc) is 2.68. The molecule has 0 saturated heterocycles. The molecule has 5 heteroatoms. The van der Waals surface area contributed by atoms with Gasteiger partial charge >= 0.3 is 0 Å². The first-order valence-electron chi connectivity index (χ1n) is 4.44. The highest BCUT2D eigenvalue weighted by molar-refractivity contribution is 6.99. The Bertz CT molecular complexity index is 439. The minimum atomic E-state index is -0.385. The normalized spacial score (nSPS) is 10.3. The molecule has 0 unspecified atom stereocenters. The van der Waals surface area contributed by atoms with Gasteiger partial charge < -0.3 is 9.84 Å². The second-order valence-electron chi connectivity index (χ2n) is 3.06. The fourth-order valence-corrected chi connectivity index (χ4v) is 1.74. The molecule has 4 nitrogen and oxygen atoms in total. The van der Waals surface area contributed by atoms with Crippen LogP contribution >= 0.6 is 11.7 Å². The van der Waals surface area contributed by atoms with Crippen LogP contribution in [0.2, 0.25) is 0 Å². The molecule has 15 heavy (non-hydrogen) atoms. The third-order valence-corrected chi connectivity index (χ3v) is 2.50. The van der Waals surface area contributed by atoms with Crippen LogP contribution < -0.4 is 4.74 Å². The molecule has 0 aliphatic heterocycles. The third kappa shape index (κ3) is 2.14. The lowest BCUT2D eigenvalue weighted by Gasteiger charge is -2.01. The molecule has 1 aromatic heterocycles. The Morgan fingerprint density at radius 2 is 2.00 bits per heavy atom. The number of benzene rings is 1. The number of nitrogens with zero attached hydrogens (tertiary/aromatic N) is 2. The number of aromatic nitrogens is 2. The average molecular weight is 222 g/mol. The molecular weight excluding hydrogens is 212 g/mol. The molecule has 0 amide bonds. The van der Waals surface area contributed by atoms with E-state index in [-0.39, 0.29) is 6.79 Å². The highest BCUT2D eigenvalue weighted by Crippen LogP contribution is 2.27. The smallest absolute Gasteiger partial charge is 0.256 e. The van der Waals surface area contributed by atoms with Gasteiger partial charge in [0.1, 0.15) is 5.69 Å². The molecule has 0 aliphatic rings. The van der Waals surface area contributed by atoms with Crippen molar-refractivity contribution in [1.29, 1.82) is 0 Å². The first-order valence-corrected chi connectivity index (χ1v) is 5.17. The van der Waals surface area contributed by atoms with Crippen molar-refractivity contribution in [3.05, 3.63) is 29.8 Å². The maximum absolute atomic E-state index is 8.67. The lowest BCUT2D eigenvalue weighted by Crippen LogP contribution is -1.96. The van der Waals surface area contributed by atoms with Gasteiger partial charge in [0, 0.05) is 5.56 Å². The van der Waals surface area contributed by atoms with E-state index in [1.807, 2.05) is 31.2 Å². The standard InChI is InChI=1S/C10H10N2O2S/c1-7-2-4-8(5-3-7)9-10(14-6-13)12-15-11-9/h2-5,13H,6H2,1H3. The van der Waals surface area contributed by atoms with Crippen LogP contribution in [0.4, 0.5) is 0 Å². The third-order valence-electron chi connectivity index (χ3n) is 1.98. The van der Waals surface area contributed by atoms with Crippen molar-refractivity contribution < 1.29 is 9.84 Å². The van der Waals surface area contributed by atoms with E-state index in [4.69, 9.17) is 9.84 Å². The molecule has 0 aliphatic carbocycles. The molecule has 78 valence electrons. The summed E-state index contributed by atoms with van der Waals surface area (Å²) in [6.45, 7) is 1.64. The fourth-order valence-electron chi connectivity index (χ4n) is 1.22. The van der Waals surface area contributed by atoms with Crippen LogP contribution in [-0.4, -0.2) is 20.6 Å². The van der Waals surface area contributed by atoms with Gasteiger partial charge in [0.05, 0.1) is 11.7 Å². The van der Waals surface area contributed by atoms with Gasteiger partial charge in [0.15, 0.2) is 6.79 Å².